The Hall–Kier alpha value is -2.48. The van der Waals surface area contributed by atoms with Gasteiger partial charge in [0.05, 0.1) is 16.8 Å². The quantitative estimate of drug-likeness (QED) is 0.554. The Morgan fingerprint density at radius 1 is 1.19 bits per heavy atom. The average molecular weight is 470 g/mol. The van der Waals surface area contributed by atoms with Crippen LogP contribution in [0.2, 0.25) is 5.02 Å². The van der Waals surface area contributed by atoms with Crippen molar-refractivity contribution in [2.45, 2.75) is 39.3 Å². The van der Waals surface area contributed by atoms with E-state index in [4.69, 9.17) is 16.3 Å². The van der Waals surface area contributed by atoms with Crippen molar-refractivity contribution >= 4 is 45.0 Å². The molecule has 0 unspecified atom stereocenters. The number of carbonyl (C=O) groups excluding carboxylic acids is 2. The number of pyridine rings is 1. The molecule has 2 amide bonds. The van der Waals surface area contributed by atoms with E-state index >= 15 is 0 Å². The van der Waals surface area contributed by atoms with Gasteiger partial charge < -0.3 is 10.1 Å². The number of hydrogen-bond acceptors (Lipinski definition) is 6. The van der Waals surface area contributed by atoms with Gasteiger partial charge in [-0.05, 0) is 36.8 Å². The summed E-state index contributed by atoms with van der Waals surface area (Å²) in [5.74, 6) is 1.03. The lowest BCUT2D eigenvalue weighted by molar-refractivity contribution is -0.138. The van der Waals surface area contributed by atoms with Crippen LogP contribution in [0.1, 0.15) is 30.2 Å². The molecule has 0 radical (unpaired) electrons. The van der Waals surface area contributed by atoms with Gasteiger partial charge in [-0.15, -0.1) is 11.3 Å². The molecule has 5 rings (SSSR count). The lowest BCUT2D eigenvalue weighted by Gasteiger charge is -2.22. The standard InChI is InChI=1S/C24H24ClN3O3S/c1-13-7-15(25)8-18(23(13)31-20-11-26-10-14(20)2)17-5-6-27-19-9-16(32-24(17)19)12-28-21(29)3-4-22(28)30/h5-9,14,20,26H,3-4,10-12H2,1-2H3/t14-,20+/m0/s1. The highest BCUT2D eigenvalue weighted by molar-refractivity contribution is 7.19. The van der Waals surface area contributed by atoms with Gasteiger partial charge >= 0.3 is 0 Å². The Morgan fingerprint density at radius 2 is 1.97 bits per heavy atom. The van der Waals surface area contributed by atoms with E-state index in [9.17, 15) is 9.59 Å². The molecule has 2 saturated heterocycles. The van der Waals surface area contributed by atoms with Crippen molar-refractivity contribution in [1.29, 1.82) is 0 Å². The maximum atomic E-state index is 12.1. The topological polar surface area (TPSA) is 71.5 Å². The van der Waals surface area contributed by atoms with Gasteiger partial charge in [0, 0.05) is 59.1 Å². The number of imide groups is 1. The zero-order chi connectivity index (χ0) is 22.4. The van der Waals surface area contributed by atoms with Crippen molar-refractivity contribution in [2.75, 3.05) is 13.1 Å². The van der Waals surface area contributed by atoms with E-state index in [2.05, 4.69) is 17.2 Å². The number of rotatable bonds is 5. The number of hydrogen-bond donors (Lipinski definition) is 1. The van der Waals surface area contributed by atoms with Crippen LogP contribution < -0.4 is 10.1 Å². The van der Waals surface area contributed by atoms with Gasteiger partial charge in [-0.3, -0.25) is 19.5 Å². The number of likely N-dealkylation sites (tertiary alicyclic amines) is 1. The maximum Gasteiger partial charge on any atom is 0.230 e. The van der Waals surface area contributed by atoms with Crippen LogP contribution in [0.15, 0.2) is 30.5 Å². The van der Waals surface area contributed by atoms with Crippen LogP contribution in [-0.4, -0.2) is 40.9 Å². The second-order valence-corrected chi connectivity index (χ2v) is 10.1. The van der Waals surface area contributed by atoms with Gasteiger partial charge in [-0.1, -0.05) is 18.5 Å². The van der Waals surface area contributed by atoms with Crippen LogP contribution >= 0.6 is 22.9 Å². The number of nitrogens with zero attached hydrogens (tertiary/aromatic N) is 2. The number of carbonyl (C=O) groups is 2. The maximum absolute atomic E-state index is 12.1. The summed E-state index contributed by atoms with van der Waals surface area (Å²) in [4.78, 5) is 30.9. The summed E-state index contributed by atoms with van der Waals surface area (Å²) in [5.41, 5.74) is 3.75. The van der Waals surface area contributed by atoms with Gasteiger partial charge in [-0.2, -0.15) is 0 Å². The van der Waals surface area contributed by atoms with E-state index in [0.717, 1.165) is 50.6 Å². The Labute approximate surface area is 195 Å². The predicted molar refractivity (Wildman–Crippen MR) is 126 cm³/mol. The number of thiophene rings is 1. The minimum atomic E-state index is -0.110. The van der Waals surface area contributed by atoms with Crippen molar-refractivity contribution in [2.24, 2.45) is 5.92 Å². The number of ether oxygens (including phenoxy) is 1. The Morgan fingerprint density at radius 3 is 2.69 bits per heavy atom. The highest BCUT2D eigenvalue weighted by Gasteiger charge is 2.30. The molecule has 2 aliphatic rings. The average Bonchev–Trinajstić information content (AvgIpc) is 3.44. The number of nitrogens with one attached hydrogen (secondary N) is 1. The van der Waals surface area contributed by atoms with Gasteiger partial charge in [0.2, 0.25) is 11.8 Å². The molecule has 6 nitrogen and oxygen atoms in total. The third-order valence-electron chi connectivity index (χ3n) is 6.18. The van der Waals surface area contributed by atoms with Crippen LogP contribution in [0, 0.1) is 12.8 Å². The van der Waals surface area contributed by atoms with Crippen LogP contribution in [0.5, 0.6) is 5.75 Å². The molecule has 1 aromatic carbocycles. The van der Waals surface area contributed by atoms with Crippen LogP contribution in [0.4, 0.5) is 0 Å². The molecule has 166 valence electrons. The molecule has 3 aromatic rings. The number of halogens is 1. The minimum absolute atomic E-state index is 0.0945. The summed E-state index contributed by atoms with van der Waals surface area (Å²) in [5, 5.41) is 4.04. The molecule has 4 heterocycles. The van der Waals surface area contributed by atoms with E-state index < -0.39 is 0 Å². The second kappa shape index (κ2) is 8.46. The number of benzene rings is 1. The fourth-order valence-electron chi connectivity index (χ4n) is 4.41. The molecule has 0 bridgehead atoms. The van der Waals surface area contributed by atoms with Crippen molar-refractivity contribution in [3.8, 4) is 16.9 Å². The fourth-order valence-corrected chi connectivity index (χ4v) is 5.82. The van der Waals surface area contributed by atoms with Gasteiger partial charge in [-0.25, -0.2) is 0 Å². The van der Waals surface area contributed by atoms with E-state index in [0.29, 0.717) is 30.3 Å². The zero-order valence-corrected chi connectivity index (χ0v) is 19.6. The first-order chi connectivity index (χ1) is 15.4. The number of amides is 2. The van der Waals surface area contributed by atoms with Crippen LogP contribution in [0.3, 0.4) is 0 Å². The molecule has 8 heteroatoms. The summed E-state index contributed by atoms with van der Waals surface area (Å²) < 4.78 is 7.51. The third kappa shape index (κ3) is 3.89. The molecule has 0 saturated carbocycles. The Kier molecular flexibility index (Phi) is 5.65. The van der Waals surface area contributed by atoms with Gasteiger partial charge in [0.15, 0.2) is 0 Å². The van der Waals surface area contributed by atoms with E-state index in [1.54, 1.807) is 17.5 Å². The second-order valence-electron chi connectivity index (χ2n) is 8.55. The molecule has 0 spiro atoms. The van der Waals surface area contributed by atoms with Crippen molar-refractivity contribution in [3.05, 3.63) is 45.9 Å². The Bertz CT molecular complexity index is 1210. The number of aryl methyl sites for hydroxylation is 1. The summed E-state index contributed by atoms with van der Waals surface area (Å²) >= 11 is 8.01. The first-order valence-electron chi connectivity index (χ1n) is 10.8. The molecule has 32 heavy (non-hydrogen) atoms. The number of fused-ring (bicyclic) bond motifs is 1. The van der Waals surface area contributed by atoms with Crippen molar-refractivity contribution in [1.82, 2.24) is 15.2 Å². The largest absolute Gasteiger partial charge is 0.488 e. The summed E-state index contributed by atoms with van der Waals surface area (Å²) in [7, 11) is 0. The molecule has 2 aliphatic heterocycles. The molecule has 1 N–H and O–H groups in total. The first-order valence-corrected chi connectivity index (χ1v) is 12.0. The highest BCUT2D eigenvalue weighted by atomic mass is 35.5. The first kappa shape index (κ1) is 21.4. The monoisotopic (exact) mass is 469 g/mol. The van der Waals surface area contributed by atoms with Crippen molar-refractivity contribution < 1.29 is 14.3 Å². The third-order valence-corrected chi connectivity index (χ3v) is 7.54. The molecule has 2 aromatic heterocycles. The summed E-state index contributed by atoms with van der Waals surface area (Å²) in [6.45, 7) is 6.25. The molecular formula is C24H24ClN3O3S. The molecular weight excluding hydrogens is 446 g/mol. The van der Waals surface area contributed by atoms with E-state index in [1.807, 2.05) is 31.2 Å². The lowest BCUT2D eigenvalue weighted by atomic mass is 10.0. The lowest BCUT2D eigenvalue weighted by Crippen LogP contribution is -2.27. The normalized spacial score (nSPS) is 21.2. The zero-order valence-electron chi connectivity index (χ0n) is 18.0. The molecule has 0 aliphatic carbocycles. The van der Waals surface area contributed by atoms with E-state index in [-0.39, 0.29) is 17.9 Å². The predicted octanol–water partition coefficient (Wildman–Crippen LogP) is 4.56. The van der Waals surface area contributed by atoms with Crippen LogP contribution in [0.25, 0.3) is 21.3 Å². The van der Waals surface area contributed by atoms with Crippen molar-refractivity contribution in [3.63, 3.8) is 0 Å². The van der Waals surface area contributed by atoms with Gasteiger partial charge in [0.25, 0.3) is 0 Å². The molecule has 2 fully saturated rings. The fraction of sp³-hybridized carbons (Fsp3) is 0.375. The minimum Gasteiger partial charge on any atom is -0.488 e. The van der Waals surface area contributed by atoms with E-state index in [1.165, 1.54) is 4.90 Å². The summed E-state index contributed by atoms with van der Waals surface area (Å²) in [6, 6.07) is 7.81. The van der Waals surface area contributed by atoms with Gasteiger partial charge in [0.1, 0.15) is 11.9 Å². The Balaban J connectivity index is 1.56. The van der Waals surface area contributed by atoms with Crippen LogP contribution in [-0.2, 0) is 16.1 Å². The smallest absolute Gasteiger partial charge is 0.230 e. The SMILES string of the molecule is Cc1cc(Cl)cc(-c2ccnc3cc(CN4C(=O)CCC4=O)sc23)c1O[C@@H]1CNC[C@@H]1C. The highest BCUT2D eigenvalue weighted by Crippen LogP contribution is 2.42. The number of aromatic nitrogens is 1. The summed E-state index contributed by atoms with van der Waals surface area (Å²) in [6.07, 6.45) is 2.46. The molecule has 2 atom stereocenters.